The van der Waals surface area contributed by atoms with Gasteiger partial charge in [0.25, 0.3) is 0 Å². The van der Waals surface area contributed by atoms with Gasteiger partial charge in [-0.25, -0.2) is 4.39 Å². The lowest BCUT2D eigenvalue weighted by atomic mass is 9.89. The number of ether oxygens (including phenoxy) is 1. The topological polar surface area (TPSA) is 64.3 Å². The normalized spacial score (nSPS) is 22.5. The maximum absolute atomic E-state index is 13.0. The van der Waals surface area contributed by atoms with Crippen molar-refractivity contribution in [1.29, 1.82) is 0 Å². The maximum atomic E-state index is 13.0. The molecule has 0 aliphatic heterocycles. The highest BCUT2D eigenvalue weighted by molar-refractivity contribution is 5.92. The molecule has 2 rings (SSSR count). The van der Waals surface area contributed by atoms with Crippen molar-refractivity contribution in [3.63, 3.8) is 0 Å². The summed E-state index contributed by atoms with van der Waals surface area (Å²) in [5, 5.41) is 2.65. The van der Waals surface area contributed by atoms with E-state index in [0.717, 1.165) is 31.6 Å². The second-order valence-corrected chi connectivity index (χ2v) is 5.48. The third kappa shape index (κ3) is 4.20. The van der Waals surface area contributed by atoms with Gasteiger partial charge in [0.05, 0.1) is 11.8 Å². The average Bonchev–Trinajstić information content (AvgIpc) is 2.42. The van der Waals surface area contributed by atoms with Crippen molar-refractivity contribution < 1.29 is 13.9 Å². The molecule has 110 valence electrons. The number of carbonyl (C=O) groups excluding carboxylic acids is 1. The monoisotopic (exact) mass is 280 g/mol. The molecule has 0 atom stereocenters. The van der Waals surface area contributed by atoms with Crippen molar-refractivity contribution in [1.82, 2.24) is 0 Å². The molecule has 0 saturated heterocycles. The van der Waals surface area contributed by atoms with Crippen LogP contribution in [0.2, 0.25) is 0 Å². The molecule has 0 spiro atoms. The highest BCUT2D eigenvalue weighted by atomic mass is 19.1. The van der Waals surface area contributed by atoms with Crippen LogP contribution in [0.25, 0.3) is 0 Å². The van der Waals surface area contributed by atoms with Crippen LogP contribution in [0, 0.1) is 11.7 Å². The van der Waals surface area contributed by atoms with Crippen molar-refractivity contribution in [2.75, 3.05) is 17.7 Å². The number of hydrogen-bond donors (Lipinski definition) is 2. The summed E-state index contributed by atoms with van der Waals surface area (Å²) in [6.45, 7) is 2.26. The summed E-state index contributed by atoms with van der Waals surface area (Å²) in [6.07, 6.45) is 4.51. The predicted octanol–water partition coefficient (Wildman–Crippen LogP) is 2.94. The molecular weight excluding hydrogens is 259 g/mol. The fourth-order valence-electron chi connectivity index (χ4n) is 2.41. The Morgan fingerprint density at radius 1 is 1.40 bits per heavy atom. The molecule has 4 nitrogen and oxygen atoms in total. The van der Waals surface area contributed by atoms with E-state index in [4.69, 9.17) is 10.5 Å². The molecule has 1 fully saturated rings. The number of rotatable bonds is 4. The van der Waals surface area contributed by atoms with E-state index in [2.05, 4.69) is 12.2 Å². The minimum atomic E-state index is -0.490. The quantitative estimate of drug-likeness (QED) is 0.833. The molecule has 1 amide bonds. The first kappa shape index (κ1) is 14.8. The zero-order valence-electron chi connectivity index (χ0n) is 11.7. The summed E-state index contributed by atoms with van der Waals surface area (Å²) >= 11 is 0. The van der Waals surface area contributed by atoms with Crippen LogP contribution in [0.5, 0.6) is 0 Å². The third-order valence-corrected chi connectivity index (χ3v) is 3.69. The van der Waals surface area contributed by atoms with Crippen LogP contribution in [0.1, 0.15) is 32.6 Å². The average molecular weight is 280 g/mol. The lowest BCUT2D eigenvalue weighted by molar-refractivity contribution is -0.123. The van der Waals surface area contributed by atoms with Gasteiger partial charge in [-0.2, -0.15) is 0 Å². The molecule has 5 heteroatoms. The lowest BCUT2D eigenvalue weighted by Crippen LogP contribution is -2.26. The molecule has 0 heterocycles. The van der Waals surface area contributed by atoms with Gasteiger partial charge >= 0.3 is 0 Å². The summed E-state index contributed by atoms with van der Waals surface area (Å²) in [5.41, 5.74) is 5.94. The Morgan fingerprint density at radius 3 is 2.75 bits per heavy atom. The number of nitrogens with one attached hydrogen (secondary N) is 1. The van der Waals surface area contributed by atoms with E-state index in [9.17, 15) is 9.18 Å². The molecule has 1 aromatic rings. The molecule has 0 radical (unpaired) electrons. The minimum Gasteiger partial charge on any atom is -0.396 e. The number of nitrogen functional groups attached to an aromatic ring is 1. The van der Waals surface area contributed by atoms with Gasteiger partial charge in [0.2, 0.25) is 5.91 Å². The van der Waals surface area contributed by atoms with Gasteiger partial charge in [0.1, 0.15) is 12.4 Å². The summed E-state index contributed by atoms with van der Waals surface area (Å²) < 4.78 is 18.6. The van der Waals surface area contributed by atoms with Crippen LogP contribution in [0.15, 0.2) is 18.2 Å². The first-order valence-electron chi connectivity index (χ1n) is 7.01. The molecule has 0 aromatic heterocycles. The van der Waals surface area contributed by atoms with E-state index >= 15 is 0 Å². The molecule has 20 heavy (non-hydrogen) atoms. The van der Waals surface area contributed by atoms with Crippen molar-refractivity contribution in [3.05, 3.63) is 24.0 Å². The number of halogens is 1. The van der Waals surface area contributed by atoms with Crippen LogP contribution in [0.4, 0.5) is 15.8 Å². The fourth-order valence-corrected chi connectivity index (χ4v) is 2.41. The minimum absolute atomic E-state index is 0.0185. The Kier molecular flexibility index (Phi) is 4.95. The van der Waals surface area contributed by atoms with E-state index < -0.39 is 5.82 Å². The number of nitrogens with two attached hydrogens (primary N) is 1. The molecular formula is C15H21FN2O2. The van der Waals surface area contributed by atoms with Gasteiger partial charge in [-0.15, -0.1) is 0 Å². The van der Waals surface area contributed by atoms with Gasteiger partial charge in [0, 0.05) is 5.69 Å². The third-order valence-electron chi connectivity index (χ3n) is 3.69. The number of anilines is 2. The van der Waals surface area contributed by atoms with Crippen LogP contribution in [0.3, 0.4) is 0 Å². The Hall–Kier alpha value is -1.62. The molecule has 1 aliphatic rings. The molecule has 0 unspecified atom stereocenters. The molecule has 1 aromatic carbocycles. The van der Waals surface area contributed by atoms with Gasteiger partial charge in [-0.3, -0.25) is 4.79 Å². The zero-order chi connectivity index (χ0) is 14.5. The van der Waals surface area contributed by atoms with Crippen molar-refractivity contribution in [2.45, 2.75) is 38.7 Å². The van der Waals surface area contributed by atoms with E-state index in [1.54, 1.807) is 0 Å². The smallest absolute Gasteiger partial charge is 0.250 e. The summed E-state index contributed by atoms with van der Waals surface area (Å²) in [6, 6.07) is 4.11. The summed E-state index contributed by atoms with van der Waals surface area (Å²) in [4.78, 5) is 11.7. The van der Waals surface area contributed by atoms with E-state index in [0.29, 0.717) is 5.69 Å². The SMILES string of the molecule is CC1CCC(OCC(=O)Nc2ccc(F)c(N)c2)CC1. The van der Waals surface area contributed by atoms with Gasteiger partial charge in [-0.05, 0) is 49.8 Å². The zero-order valence-corrected chi connectivity index (χ0v) is 11.7. The fraction of sp³-hybridized carbons (Fsp3) is 0.533. The Bertz CT molecular complexity index is 471. The molecule has 0 bridgehead atoms. The Morgan fingerprint density at radius 2 is 2.10 bits per heavy atom. The van der Waals surface area contributed by atoms with Gasteiger partial charge < -0.3 is 15.8 Å². The van der Waals surface area contributed by atoms with Crippen LogP contribution in [-0.4, -0.2) is 18.6 Å². The number of amides is 1. The largest absolute Gasteiger partial charge is 0.396 e. The van der Waals surface area contributed by atoms with Gasteiger partial charge in [-0.1, -0.05) is 6.92 Å². The van der Waals surface area contributed by atoms with Crippen molar-refractivity contribution in [2.24, 2.45) is 5.92 Å². The first-order chi connectivity index (χ1) is 9.54. The molecule has 1 saturated carbocycles. The maximum Gasteiger partial charge on any atom is 0.250 e. The highest BCUT2D eigenvalue weighted by Gasteiger charge is 2.19. The van der Waals surface area contributed by atoms with E-state index in [-0.39, 0.29) is 24.3 Å². The second kappa shape index (κ2) is 6.70. The van der Waals surface area contributed by atoms with E-state index in [1.807, 2.05) is 0 Å². The Balaban J connectivity index is 1.76. The highest BCUT2D eigenvalue weighted by Crippen LogP contribution is 2.25. The first-order valence-corrected chi connectivity index (χ1v) is 7.01. The molecule has 3 N–H and O–H groups in total. The second-order valence-electron chi connectivity index (χ2n) is 5.48. The Labute approximate surface area is 118 Å². The van der Waals surface area contributed by atoms with Crippen LogP contribution >= 0.6 is 0 Å². The predicted molar refractivity (Wildman–Crippen MR) is 76.8 cm³/mol. The molecule has 1 aliphatic carbocycles. The summed E-state index contributed by atoms with van der Waals surface area (Å²) in [7, 11) is 0. The number of hydrogen-bond acceptors (Lipinski definition) is 3. The number of carbonyl (C=O) groups is 1. The van der Waals surface area contributed by atoms with Gasteiger partial charge in [0.15, 0.2) is 0 Å². The van der Waals surface area contributed by atoms with Crippen LogP contribution in [-0.2, 0) is 9.53 Å². The summed E-state index contributed by atoms with van der Waals surface area (Å²) in [5.74, 6) is 0.0241. The van der Waals surface area contributed by atoms with Crippen molar-refractivity contribution >= 4 is 17.3 Å². The standard InChI is InChI=1S/C15H21FN2O2/c1-10-2-5-12(6-3-10)20-9-15(19)18-11-4-7-13(16)14(17)8-11/h4,7-8,10,12H,2-3,5-6,9,17H2,1H3,(H,18,19). The van der Waals surface area contributed by atoms with Crippen LogP contribution < -0.4 is 11.1 Å². The van der Waals surface area contributed by atoms with Crippen molar-refractivity contribution in [3.8, 4) is 0 Å². The lowest BCUT2D eigenvalue weighted by Gasteiger charge is -2.25. The number of benzene rings is 1. The van der Waals surface area contributed by atoms with E-state index in [1.165, 1.54) is 18.2 Å².